The molecular formula is C22H21N3O2. The van der Waals surface area contributed by atoms with Crippen molar-refractivity contribution in [3.8, 4) is 11.1 Å². The van der Waals surface area contributed by atoms with Crippen molar-refractivity contribution in [3.63, 3.8) is 0 Å². The Morgan fingerprint density at radius 1 is 1.00 bits per heavy atom. The summed E-state index contributed by atoms with van der Waals surface area (Å²) in [6, 6.07) is 13.5. The largest absolute Gasteiger partial charge is 0.315 e. The van der Waals surface area contributed by atoms with E-state index in [9.17, 15) is 9.59 Å². The molecule has 1 amide bonds. The molecule has 0 atom stereocenters. The van der Waals surface area contributed by atoms with Crippen LogP contribution in [0.5, 0.6) is 0 Å². The number of nitrogens with zero attached hydrogens (tertiary/aromatic N) is 3. The Bertz CT molecular complexity index is 1080. The number of pyridine rings is 2. The van der Waals surface area contributed by atoms with Gasteiger partial charge in [0.15, 0.2) is 0 Å². The molecule has 4 rings (SSSR count). The molecule has 136 valence electrons. The highest BCUT2D eigenvalue weighted by Gasteiger charge is 2.21. The van der Waals surface area contributed by atoms with Gasteiger partial charge in [-0.1, -0.05) is 12.1 Å². The number of anilines is 1. The molecule has 1 aliphatic rings. The number of hydrogen-bond donors (Lipinski definition) is 0. The summed E-state index contributed by atoms with van der Waals surface area (Å²) in [7, 11) is 1.82. The minimum atomic E-state index is -0.0121. The predicted octanol–water partition coefficient (Wildman–Crippen LogP) is 3.18. The third kappa shape index (κ3) is 3.28. The van der Waals surface area contributed by atoms with Gasteiger partial charge in [-0.25, -0.2) is 0 Å². The molecule has 0 spiro atoms. The molecule has 3 aromatic rings. The molecule has 0 N–H and O–H groups in total. The van der Waals surface area contributed by atoms with Crippen LogP contribution in [0.2, 0.25) is 0 Å². The van der Waals surface area contributed by atoms with Crippen LogP contribution in [0.4, 0.5) is 5.69 Å². The normalized spacial score (nSPS) is 13.6. The Hall–Kier alpha value is -3.21. The molecule has 5 heteroatoms. The Morgan fingerprint density at radius 2 is 1.85 bits per heavy atom. The SMILES string of the molecule is Cc1cccc(=O)n1Cc1cncc(-c2ccc3c(c2)CCC(=O)N3C)c1. The molecule has 5 nitrogen and oxygen atoms in total. The number of amides is 1. The van der Waals surface area contributed by atoms with Crippen LogP contribution in [0.1, 0.15) is 23.2 Å². The molecule has 0 aliphatic carbocycles. The topological polar surface area (TPSA) is 55.2 Å². The fraction of sp³-hybridized carbons (Fsp3) is 0.227. The lowest BCUT2D eigenvalue weighted by molar-refractivity contribution is -0.118. The number of aromatic nitrogens is 2. The summed E-state index contributed by atoms with van der Waals surface area (Å²) in [4.78, 5) is 30.1. The number of carbonyl (C=O) groups excluding carboxylic acids is 1. The van der Waals surface area contributed by atoms with E-state index in [2.05, 4.69) is 17.1 Å². The minimum Gasteiger partial charge on any atom is -0.315 e. The van der Waals surface area contributed by atoms with Crippen LogP contribution in [0.15, 0.2) is 59.7 Å². The highest BCUT2D eigenvalue weighted by molar-refractivity contribution is 5.96. The second-order valence-corrected chi connectivity index (χ2v) is 6.97. The first-order valence-corrected chi connectivity index (χ1v) is 9.03. The van der Waals surface area contributed by atoms with E-state index >= 15 is 0 Å². The lowest BCUT2D eigenvalue weighted by Crippen LogP contribution is -2.30. The van der Waals surface area contributed by atoms with Crippen molar-refractivity contribution in [3.05, 3.63) is 82.0 Å². The third-order valence-corrected chi connectivity index (χ3v) is 5.16. The van der Waals surface area contributed by atoms with Gasteiger partial charge in [0, 0.05) is 48.9 Å². The molecule has 0 bridgehead atoms. The second kappa shape index (κ2) is 6.83. The number of fused-ring (bicyclic) bond motifs is 1. The standard InChI is InChI=1S/C22H21N3O2/c1-15-4-3-5-22(27)25(15)14-16-10-19(13-23-12-16)17-6-8-20-18(11-17)7-9-21(26)24(20)2/h3-6,8,10-13H,7,9,14H2,1-2H3. The average Bonchev–Trinajstić information content (AvgIpc) is 2.68. The minimum absolute atomic E-state index is 0.0121. The lowest BCUT2D eigenvalue weighted by atomic mass is 9.96. The van der Waals surface area contributed by atoms with E-state index in [0.29, 0.717) is 13.0 Å². The average molecular weight is 359 g/mol. The van der Waals surface area contributed by atoms with E-state index < -0.39 is 0 Å². The molecule has 3 heterocycles. The highest BCUT2D eigenvalue weighted by atomic mass is 16.2. The summed E-state index contributed by atoms with van der Waals surface area (Å²) in [5.74, 6) is 0.155. The Morgan fingerprint density at radius 3 is 2.67 bits per heavy atom. The van der Waals surface area contributed by atoms with Crippen LogP contribution in [-0.2, 0) is 17.8 Å². The molecule has 0 fully saturated rings. The van der Waals surface area contributed by atoms with Crippen molar-refractivity contribution >= 4 is 11.6 Å². The van der Waals surface area contributed by atoms with E-state index in [1.165, 1.54) is 5.56 Å². The first-order chi connectivity index (χ1) is 13.0. The second-order valence-electron chi connectivity index (χ2n) is 6.97. The Kier molecular flexibility index (Phi) is 4.36. The summed E-state index contributed by atoms with van der Waals surface area (Å²) >= 11 is 0. The van der Waals surface area contributed by atoms with E-state index in [-0.39, 0.29) is 11.5 Å². The third-order valence-electron chi connectivity index (χ3n) is 5.16. The maximum Gasteiger partial charge on any atom is 0.251 e. The predicted molar refractivity (Wildman–Crippen MR) is 106 cm³/mol. The van der Waals surface area contributed by atoms with E-state index in [4.69, 9.17) is 0 Å². The highest BCUT2D eigenvalue weighted by Crippen LogP contribution is 2.31. The molecule has 2 aromatic heterocycles. The lowest BCUT2D eigenvalue weighted by Gasteiger charge is -2.26. The number of benzene rings is 1. The molecule has 1 aliphatic heterocycles. The van der Waals surface area contributed by atoms with Crippen molar-refractivity contribution in [1.82, 2.24) is 9.55 Å². The van der Waals surface area contributed by atoms with Crippen molar-refractivity contribution in [2.75, 3.05) is 11.9 Å². The zero-order valence-corrected chi connectivity index (χ0v) is 15.5. The van der Waals surface area contributed by atoms with Gasteiger partial charge in [0.05, 0.1) is 6.54 Å². The van der Waals surface area contributed by atoms with Gasteiger partial charge >= 0.3 is 0 Å². The molecule has 0 radical (unpaired) electrons. The summed E-state index contributed by atoms with van der Waals surface area (Å²) < 4.78 is 1.74. The smallest absolute Gasteiger partial charge is 0.251 e. The van der Waals surface area contributed by atoms with Crippen LogP contribution in [0.25, 0.3) is 11.1 Å². The molecule has 27 heavy (non-hydrogen) atoms. The first-order valence-electron chi connectivity index (χ1n) is 9.03. The molecule has 0 saturated carbocycles. The van der Waals surface area contributed by atoms with Crippen molar-refractivity contribution in [2.24, 2.45) is 0 Å². The number of aryl methyl sites for hydroxylation is 2. The first kappa shape index (κ1) is 17.2. The Balaban J connectivity index is 1.67. The van der Waals surface area contributed by atoms with Gasteiger partial charge in [-0.3, -0.25) is 14.6 Å². The maximum atomic E-state index is 12.1. The number of rotatable bonds is 3. The van der Waals surface area contributed by atoms with Gasteiger partial charge in [0.25, 0.3) is 5.56 Å². The van der Waals surface area contributed by atoms with Crippen molar-refractivity contribution in [2.45, 2.75) is 26.3 Å². The van der Waals surface area contributed by atoms with Gasteiger partial charge in [-0.2, -0.15) is 0 Å². The van der Waals surface area contributed by atoms with Crippen LogP contribution in [-0.4, -0.2) is 22.5 Å². The van der Waals surface area contributed by atoms with Gasteiger partial charge < -0.3 is 9.47 Å². The summed E-state index contributed by atoms with van der Waals surface area (Å²) in [5, 5.41) is 0. The summed E-state index contributed by atoms with van der Waals surface area (Å²) in [5.41, 5.74) is 6.13. The van der Waals surface area contributed by atoms with Crippen molar-refractivity contribution < 1.29 is 4.79 Å². The van der Waals surface area contributed by atoms with Gasteiger partial charge in [-0.15, -0.1) is 0 Å². The van der Waals surface area contributed by atoms with Gasteiger partial charge in [0.2, 0.25) is 5.91 Å². The van der Waals surface area contributed by atoms with Gasteiger partial charge in [0.1, 0.15) is 0 Å². The fourth-order valence-corrected chi connectivity index (χ4v) is 3.58. The van der Waals surface area contributed by atoms with Crippen molar-refractivity contribution in [1.29, 1.82) is 0 Å². The fourth-order valence-electron chi connectivity index (χ4n) is 3.58. The van der Waals surface area contributed by atoms with Gasteiger partial charge in [-0.05, 0) is 54.3 Å². The van der Waals surface area contributed by atoms with Crippen LogP contribution in [0.3, 0.4) is 0 Å². The van der Waals surface area contributed by atoms with E-state index in [1.54, 1.807) is 27.8 Å². The van der Waals surface area contributed by atoms with Crippen LogP contribution in [0, 0.1) is 6.92 Å². The zero-order chi connectivity index (χ0) is 19.0. The summed E-state index contributed by atoms with van der Waals surface area (Å²) in [6.45, 7) is 2.43. The maximum absolute atomic E-state index is 12.1. The molecule has 1 aromatic carbocycles. The quantitative estimate of drug-likeness (QED) is 0.722. The number of carbonyl (C=O) groups is 1. The summed E-state index contributed by atoms with van der Waals surface area (Å²) in [6.07, 6.45) is 4.94. The Labute approximate surface area is 157 Å². The van der Waals surface area contributed by atoms with Crippen LogP contribution < -0.4 is 10.5 Å². The molecule has 0 unspecified atom stereocenters. The molecular weight excluding hydrogens is 338 g/mol. The monoisotopic (exact) mass is 359 g/mol. The van der Waals surface area contributed by atoms with E-state index in [0.717, 1.165) is 34.5 Å². The van der Waals surface area contributed by atoms with Crippen LogP contribution >= 0.6 is 0 Å². The zero-order valence-electron chi connectivity index (χ0n) is 15.5. The molecule has 0 saturated heterocycles. The number of hydrogen-bond acceptors (Lipinski definition) is 3. The van der Waals surface area contributed by atoms with E-state index in [1.807, 2.05) is 38.4 Å².